The lowest BCUT2D eigenvalue weighted by molar-refractivity contribution is -0.385. The van der Waals surface area contributed by atoms with Crippen molar-refractivity contribution in [3.63, 3.8) is 0 Å². The van der Waals surface area contributed by atoms with E-state index >= 15 is 0 Å². The fourth-order valence-corrected chi connectivity index (χ4v) is 1.42. The highest BCUT2D eigenvalue weighted by molar-refractivity contribution is 6.00. The van der Waals surface area contributed by atoms with E-state index in [-0.39, 0.29) is 11.3 Å². The Kier molecular flexibility index (Phi) is 3.98. The Balaban J connectivity index is 3.10. The van der Waals surface area contributed by atoms with Crippen LogP contribution in [0.3, 0.4) is 0 Å². The summed E-state index contributed by atoms with van der Waals surface area (Å²) >= 11 is 0. The average Bonchev–Trinajstić information content (AvgIpc) is 2.27. The average molecular weight is 252 g/mol. The van der Waals surface area contributed by atoms with Crippen LogP contribution in [0.1, 0.15) is 22.8 Å². The summed E-state index contributed by atoms with van der Waals surface area (Å²) in [4.78, 5) is 32.6. The lowest BCUT2D eigenvalue weighted by Crippen LogP contribution is -2.38. The zero-order valence-corrected chi connectivity index (χ0v) is 9.84. The van der Waals surface area contributed by atoms with Crippen LogP contribution < -0.4 is 5.32 Å². The highest BCUT2D eigenvalue weighted by atomic mass is 16.6. The summed E-state index contributed by atoms with van der Waals surface area (Å²) in [6, 6.07) is 3.19. The van der Waals surface area contributed by atoms with Crippen molar-refractivity contribution in [1.29, 1.82) is 0 Å². The molecule has 0 aliphatic carbocycles. The van der Waals surface area contributed by atoms with Gasteiger partial charge in [0.15, 0.2) is 0 Å². The number of aryl methyl sites for hydroxylation is 1. The number of carboxylic acid groups (broad SMARTS) is 1. The number of amides is 1. The number of nitrogens with zero attached hydrogens (tertiary/aromatic N) is 1. The molecule has 0 saturated heterocycles. The van der Waals surface area contributed by atoms with Crippen molar-refractivity contribution in [1.82, 2.24) is 5.32 Å². The first-order valence-corrected chi connectivity index (χ1v) is 5.12. The first-order chi connectivity index (χ1) is 8.34. The number of hydrogen-bond acceptors (Lipinski definition) is 4. The van der Waals surface area contributed by atoms with Gasteiger partial charge >= 0.3 is 5.97 Å². The molecule has 18 heavy (non-hydrogen) atoms. The van der Waals surface area contributed by atoms with Crippen LogP contribution in [-0.2, 0) is 4.79 Å². The van der Waals surface area contributed by atoms with Gasteiger partial charge in [0.25, 0.3) is 11.6 Å². The zero-order chi connectivity index (χ0) is 13.9. The number of benzene rings is 1. The lowest BCUT2D eigenvalue weighted by atomic mass is 10.1. The molecule has 96 valence electrons. The maximum atomic E-state index is 11.8. The van der Waals surface area contributed by atoms with Gasteiger partial charge in [0, 0.05) is 5.56 Å². The van der Waals surface area contributed by atoms with Gasteiger partial charge in [-0.15, -0.1) is 0 Å². The second-order valence-electron chi connectivity index (χ2n) is 3.76. The molecule has 0 radical (unpaired) electrons. The predicted molar refractivity (Wildman–Crippen MR) is 62.4 cm³/mol. The molecule has 7 heteroatoms. The lowest BCUT2D eigenvalue weighted by Gasteiger charge is -2.10. The standard InChI is InChI=1S/C11H12N2O5/c1-6-4-3-5-8(9(6)13(17)18)10(14)12-7(2)11(15)16/h3-5,7H,1-2H3,(H,12,14)(H,15,16)/t7-/m1/s1. The smallest absolute Gasteiger partial charge is 0.325 e. The molecule has 0 spiro atoms. The molecule has 2 N–H and O–H groups in total. The SMILES string of the molecule is Cc1cccc(C(=O)N[C@H](C)C(=O)O)c1[N+](=O)[O-]. The van der Waals surface area contributed by atoms with Crippen LogP contribution in [0.5, 0.6) is 0 Å². The summed E-state index contributed by atoms with van der Waals surface area (Å²) in [7, 11) is 0. The van der Waals surface area contributed by atoms with Gasteiger partial charge in [0.2, 0.25) is 0 Å². The van der Waals surface area contributed by atoms with Crippen LogP contribution in [0.4, 0.5) is 5.69 Å². The molecule has 7 nitrogen and oxygen atoms in total. The van der Waals surface area contributed by atoms with Gasteiger partial charge in [-0.3, -0.25) is 19.7 Å². The zero-order valence-electron chi connectivity index (χ0n) is 9.84. The molecule has 0 aliphatic rings. The number of nitro groups is 1. The summed E-state index contributed by atoms with van der Waals surface area (Å²) in [6.45, 7) is 2.79. The maximum Gasteiger partial charge on any atom is 0.325 e. The summed E-state index contributed by atoms with van der Waals surface area (Å²) < 4.78 is 0. The third-order valence-corrected chi connectivity index (χ3v) is 2.38. The van der Waals surface area contributed by atoms with Crippen LogP contribution in [0.2, 0.25) is 0 Å². The Morgan fingerprint density at radius 2 is 2.06 bits per heavy atom. The first kappa shape index (κ1) is 13.6. The van der Waals surface area contributed by atoms with Crippen LogP contribution >= 0.6 is 0 Å². The van der Waals surface area contributed by atoms with Crippen molar-refractivity contribution in [2.75, 3.05) is 0 Å². The molecule has 1 amide bonds. The van der Waals surface area contributed by atoms with Gasteiger partial charge in [0.1, 0.15) is 11.6 Å². The van der Waals surface area contributed by atoms with Crippen molar-refractivity contribution < 1.29 is 19.6 Å². The molecule has 0 heterocycles. The van der Waals surface area contributed by atoms with E-state index in [4.69, 9.17) is 5.11 Å². The van der Waals surface area contributed by atoms with Crippen molar-refractivity contribution >= 4 is 17.6 Å². The molecule has 0 fully saturated rings. The second-order valence-corrected chi connectivity index (χ2v) is 3.76. The molecule has 0 unspecified atom stereocenters. The number of carbonyl (C=O) groups excluding carboxylic acids is 1. The fraction of sp³-hybridized carbons (Fsp3) is 0.273. The number of nitrogens with one attached hydrogen (secondary N) is 1. The first-order valence-electron chi connectivity index (χ1n) is 5.12. The van der Waals surface area contributed by atoms with Gasteiger partial charge in [-0.05, 0) is 19.9 Å². The number of para-hydroxylation sites is 1. The number of hydrogen-bond donors (Lipinski definition) is 2. The minimum Gasteiger partial charge on any atom is -0.480 e. The topological polar surface area (TPSA) is 110 Å². The highest BCUT2D eigenvalue weighted by Gasteiger charge is 2.24. The molecule has 0 bridgehead atoms. The quantitative estimate of drug-likeness (QED) is 0.616. The summed E-state index contributed by atoms with van der Waals surface area (Å²) in [5.41, 5.74) is -0.115. The molecule has 0 aromatic heterocycles. The molecule has 1 aromatic carbocycles. The van der Waals surface area contributed by atoms with Crippen molar-refractivity contribution in [2.24, 2.45) is 0 Å². The predicted octanol–water partition coefficient (Wildman–Crippen LogP) is 1.11. The molecule has 0 saturated carbocycles. The van der Waals surface area contributed by atoms with E-state index in [1.807, 2.05) is 0 Å². The normalized spacial score (nSPS) is 11.7. The number of carbonyl (C=O) groups is 2. The number of aliphatic carboxylic acids is 1. The number of rotatable bonds is 4. The third-order valence-electron chi connectivity index (χ3n) is 2.38. The molecule has 1 aromatic rings. The monoisotopic (exact) mass is 252 g/mol. The van der Waals surface area contributed by atoms with E-state index < -0.39 is 22.8 Å². The second kappa shape index (κ2) is 5.26. The van der Waals surface area contributed by atoms with E-state index in [0.717, 1.165) is 0 Å². The molecular weight excluding hydrogens is 240 g/mol. The Bertz CT molecular complexity index is 512. The van der Waals surface area contributed by atoms with Crippen molar-refractivity contribution in [2.45, 2.75) is 19.9 Å². The number of carboxylic acids is 1. The minimum atomic E-state index is -1.21. The Morgan fingerprint density at radius 1 is 1.44 bits per heavy atom. The van der Waals surface area contributed by atoms with Gasteiger partial charge < -0.3 is 10.4 Å². The van der Waals surface area contributed by atoms with Gasteiger partial charge in [-0.2, -0.15) is 0 Å². The van der Waals surface area contributed by atoms with Gasteiger partial charge in [-0.25, -0.2) is 0 Å². The van der Waals surface area contributed by atoms with Crippen molar-refractivity contribution in [3.05, 3.63) is 39.4 Å². The van der Waals surface area contributed by atoms with E-state index in [2.05, 4.69) is 5.32 Å². The van der Waals surface area contributed by atoms with Crippen LogP contribution in [0, 0.1) is 17.0 Å². The van der Waals surface area contributed by atoms with E-state index in [1.54, 1.807) is 0 Å². The minimum absolute atomic E-state index is 0.145. The summed E-state index contributed by atoms with van der Waals surface area (Å²) in [6.07, 6.45) is 0. The van der Waals surface area contributed by atoms with E-state index in [1.165, 1.54) is 32.0 Å². The molecule has 1 atom stereocenters. The molecule has 1 rings (SSSR count). The van der Waals surface area contributed by atoms with Gasteiger partial charge in [-0.1, -0.05) is 12.1 Å². The Labute approximate surface area is 103 Å². The fourth-order valence-electron chi connectivity index (χ4n) is 1.42. The third kappa shape index (κ3) is 2.82. The van der Waals surface area contributed by atoms with E-state index in [0.29, 0.717) is 5.56 Å². The molecular formula is C11H12N2O5. The molecule has 0 aliphatic heterocycles. The number of nitro benzene ring substituents is 1. The van der Waals surface area contributed by atoms with Crippen LogP contribution in [0.15, 0.2) is 18.2 Å². The largest absolute Gasteiger partial charge is 0.480 e. The Hall–Kier alpha value is -2.44. The van der Waals surface area contributed by atoms with Crippen LogP contribution in [-0.4, -0.2) is 27.9 Å². The Morgan fingerprint density at radius 3 is 2.56 bits per heavy atom. The summed E-state index contributed by atoms with van der Waals surface area (Å²) in [5, 5.41) is 21.7. The highest BCUT2D eigenvalue weighted by Crippen LogP contribution is 2.22. The van der Waals surface area contributed by atoms with Gasteiger partial charge in [0.05, 0.1) is 4.92 Å². The van der Waals surface area contributed by atoms with Crippen LogP contribution in [0.25, 0.3) is 0 Å². The van der Waals surface area contributed by atoms with E-state index in [9.17, 15) is 19.7 Å². The summed E-state index contributed by atoms with van der Waals surface area (Å²) in [5.74, 6) is -1.99. The van der Waals surface area contributed by atoms with Crippen molar-refractivity contribution in [3.8, 4) is 0 Å². The maximum absolute atomic E-state index is 11.8.